The summed E-state index contributed by atoms with van der Waals surface area (Å²) >= 11 is 17.0. The molecule has 0 aliphatic rings. The fraction of sp³-hybridized carbons (Fsp3) is 0.444. The van der Waals surface area contributed by atoms with Gasteiger partial charge in [0.25, 0.3) is 0 Å². The molecule has 0 spiro atoms. The maximum Gasteiger partial charge on any atom is 0.166 e. The van der Waals surface area contributed by atoms with E-state index in [1.165, 1.54) is 12.3 Å². The maximum absolute atomic E-state index is 13.4. The predicted molar refractivity (Wildman–Crippen MR) is 62.7 cm³/mol. The number of halogens is 4. The van der Waals surface area contributed by atoms with E-state index in [9.17, 15) is 4.39 Å². The molecule has 0 aromatic carbocycles. The van der Waals surface area contributed by atoms with Gasteiger partial charge in [0, 0.05) is 18.0 Å². The first-order chi connectivity index (χ1) is 7.00. The van der Waals surface area contributed by atoms with Crippen molar-refractivity contribution in [1.82, 2.24) is 4.98 Å². The van der Waals surface area contributed by atoms with E-state index in [4.69, 9.17) is 34.8 Å². The second-order valence-electron chi connectivity index (χ2n) is 3.44. The van der Waals surface area contributed by atoms with Crippen molar-refractivity contribution in [2.45, 2.75) is 12.5 Å². The van der Waals surface area contributed by atoms with Gasteiger partial charge in [-0.15, -0.1) is 23.2 Å². The first kappa shape index (κ1) is 12.8. The van der Waals surface area contributed by atoms with Gasteiger partial charge in [-0.3, -0.25) is 0 Å². The summed E-state index contributed by atoms with van der Waals surface area (Å²) in [5.41, 5.74) is -0.592. The van der Waals surface area contributed by atoms with Crippen LogP contribution in [0.3, 0.4) is 0 Å². The van der Waals surface area contributed by atoms with Crippen molar-refractivity contribution in [3.05, 3.63) is 23.1 Å². The van der Waals surface area contributed by atoms with Crippen LogP contribution in [0, 0.1) is 5.82 Å². The largest absolute Gasteiger partial charge is 0.360 e. The molecule has 84 valence electrons. The van der Waals surface area contributed by atoms with Crippen molar-refractivity contribution in [1.29, 1.82) is 0 Å². The van der Waals surface area contributed by atoms with Crippen molar-refractivity contribution in [2.75, 3.05) is 17.1 Å². The Morgan fingerprint density at radius 2 is 2.07 bits per heavy atom. The highest BCUT2D eigenvalue weighted by molar-refractivity contribution is 6.30. The van der Waals surface area contributed by atoms with Gasteiger partial charge in [0.15, 0.2) is 11.6 Å². The smallest absolute Gasteiger partial charge is 0.166 e. The van der Waals surface area contributed by atoms with E-state index in [0.717, 1.165) is 0 Å². The summed E-state index contributed by atoms with van der Waals surface area (Å²) in [5.74, 6) is 0.0766. The van der Waals surface area contributed by atoms with E-state index in [2.05, 4.69) is 10.3 Å². The predicted octanol–water partition coefficient (Wildman–Crippen LogP) is 3.52. The normalized spacial score (nSPS) is 11.5. The van der Waals surface area contributed by atoms with Crippen LogP contribution in [-0.4, -0.2) is 22.3 Å². The van der Waals surface area contributed by atoms with E-state index in [1.54, 1.807) is 6.92 Å². The van der Waals surface area contributed by atoms with Gasteiger partial charge >= 0.3 is 0 Å². The SMILES string of the molecule is CC(CCl)(CCl)Nc1ncc(Cl)cc1F. The number of nitrogens with one attached hydrogen (secondary N) is 1. The highest BCUT2D eigenvalue weighted by Crippen LogP contribution is 2.21. The van der Waals surface area contributed by atoms with Crippen LogP contribution in [-0.2, 0) is 0 Å². The van der Waals surface area contributed by atoms with E-state index >= 15 is 0 Å². The molecule has 0 saturated heterocycles. The Bertz CT molecular complexity index is 342. The first-order valence-electron chi connectivity index (χ1n) is 4.22. The molecule has 0 atom stereocenters. The van der Waals surface area contributed by atoms with E-state index in [1.807, 2.05) is 0 Å². The third kappa shape index (κ3) is 3.37. The standard InChI is InChI=1S/C9H10Cl3FN2/c1-9(4-10,5-11)15-8-7(13)2-6(12)3-14-8/h2-3H,4-5H2,1H3,(H,14,15). The molecule has 0 bridgehead atoms. The van der Waals surface area contributed by atoms with Crippen molar-refractivity contribution in [3.8, 4) is 0 Å². The van der Waals surface area contributed by atoms with Gasteiger partial charge in [-0.1, -0.05) is 11.6 Å². The highest BCUT2D eigenvalue weighted by Gasteiger charge is 2.23. The van der Waals surface area contributed by atoms with Crippen LogP contribution in [0.25, 0.3) is 0 Å². The first-order valence-corrected chi connectivity index (χ1v) is 5.66. The Hall–Kier alpha value is -0.250. The average molecular weight is 272 g/mol. The summed E-state index contributed by atoms with van der Waals surface area (Å²) < 4.78 is 13.4. The summed E-state index contributed by atoms with van der Waals surface area (Å²) in [4.78, 5) is 3.82. The zero-order chi connectivity index (χ0) is 11.5. The van der Waals surface area contributed by atoms with E-state index < -0.39 is 11.4 Å². The number of hydrogen-bond donors (Lipinski definition) is 1. The topological polar surface area (TPSA) is 24.9 Å². The molecule has 1 aromatic rings. The molecule has 1 rings (SSSR count). The molecule has 1 heterocycles. The minimum atomic E-state index is -0.592. The molecule has 6 heteroatoms. The lowest BCUT2D eigenvalue weighted by molar-refractivity contribution is 0.597. The zero-order valence-corrected chi connectivity index (χ0v) is 10.3. The van der Waals surface area contributed by atoms with Gasteiger partial charge in [-0.2, -0.15) is 0 Å². The number of rotatable bonds is 4. The Morgan fingerprint density at radius 1 is 1.47 bits per heavy atom. The zero-order valence-electron chi connectivity index (χ0n) is 8.03. The fourth-order valence-corrected chi connectivity index (χ4v) is 1.46. The molecule has 0 saturated carbocycles. The Morgan fingerprint density at radius 3 is 2.53 bits per heavy atom. The molecule has 0 aliphatic heterocycles. The summed E-state index contributed by atoms with van der Waals surface area (Å²) in [6.07, 6.45) is 1.36. The summed E-state index contributed by atoms with van der Waals surface area (Å²) in [7, 11) is 0. The van der Waals surface area contributed by atoms with Gasteiger partial charge < -0.3 is 5.32 Å². The van der Waals surface area contributed by atoms with Gasteiger partial charge in [0.05, 0.1) is 10.6 Å². The molecule has 0 fully saturated rings. The Balaban J connectivity index is 2.89. The second kappa shape index (κ2) is 5.19. The van der Waals surface area contributed by atoms with Crippen LogP contribution >= 0.6 is 34.8 Å². The fourth-order valence-electron chi connectivity index (χ4n) is 0.895. The number of aromatic nitrogens is 1. The van der Waals surface area contributed by atoms with Crippen LogP contribution in [0.5, 0.6) is 0 Å². The van der Waals surface area contributed by atoms with E-state index in [0.29, 0.717) is 0 Å². The number of hydrogen-bond acceptors (Lipinski definition) is 2. The molecule has 1 N–H and O–H groups in total. The lowest BCUT2D eigenvalue weighted by Crippen LogP contribution is -2.39. The minimum absolute atomic E-state index is 0.100. The van der Waals surface area contributed by atoms with Gasteiger partial charge in [-0.25, -0.2) is 9.37 Å². The van der Waals surface area contributed by atoms with Gasteiger partial charge in [-0.05, 0) is 13.0 Å². The van der Waals surface area contributed by atoms with Crippen molar-refractivity contribution in [2.24, 2.45) is 0 Å². The lowest BCUT2D eigenvalue weighted by Gasteiger charge is -2.26. The number of nitrogens with zero attached hydrogens (tertiary/aromatic N) is 1. The monoisotopic (exact) mass is 270 g/mol. The molecule has 2 nitrogen and oxygen atoms in total. The van der Waals surface area contributed by atoms with Gasteiger partial charge in [0.1, 0.15) is 0 Å². The van der Waals surface area contributed by atoms with E-state index in [-0.39, 0.29) is 22.6 Å². The quantitative estimate of drug-likeness (QED) is 0.848. The number of anilines is 1. The van der Waals surface area contributed by atoms with Crippen molar-refractivity contribution < 1.29 is 4.39 Å². The van der Waals surface area contributed by atoms with Crippen LogP contribution in [0.15, 0.2) is 12.3 Å². The minimum Gasteiger partial charge on any atom is -0.360 e. The number of pyridine rings is 1. The second-order valence-corrected chi connectivity index (χ2v) is 4.41. The summed E-state index contributed by atoms with van der Waals surface area (Å²) in [6, 6.07) is 1.18. The molecule has 1 aromatic heterocycles. The molecule has 0 aliphatic carbocycles. The Kier molecular flexibility index (Phi) is 4.44. The third-order valence-electron chi connectivity index (χ3n) is 1.82. The highest BCUT2D eigenvalue weighted by atomic mass is 35.5. The van der Waals surface area contributed by atoms with Crippen LogP contribution < -0.4 is 5.32 Å². The van der Waals surface area contributed by atoms with Gasteiger partial charge in [0.2, 0.25) is 0 Å². The number of alkyl halides is 2. The molecule has 0 amide bonds. The van der Waals surface area contributed by atoms with Crippen LogP contribution in [0.2, 0.25) is 5.02 Å². The molecule has 0 unspecified atom stereocenters. The Labute approximate surface area is 103 Å². The summed E-state index contributed by atoms with van der Waals surface area (Å²) in [5, 5.41) is 3.09. The molecule has 0 radical (unpaired) electrons. The average Bonchev–Trinajstić information content (AvgIpc) is 2.22. The summed E-state index contributed by atoms with van der Waals surface area (Å²) in [6.45, 7) is 1.78. The van der Waals surface area contributed by atoms with Crippen LogP contribution in [0.1, 0.15) is 6.92 Å². The molecular formula is C9H10Cl3FN2. The van der Waals surface area contributed by atoms with Crippen molar-refractivity contribution >= 4 is 40.6 Å². The lowest BCUT2D eigenvalue weighted by atomic mass is 10.1. The maximum atomic E-state index is 13.4. The van der Waals surface area contributed by atoms with Crippen molar-refractivity contribution in [3.63, 3.8) is 0 Å². The van der Waals surface area contributed by atoms with Crippen LogP contribution in [0.4, 0.5) is 10.2 Å². The third-order valence-corrected chi connectivity index (χ3v) is 3.20. The molecule has 15 heavy (non-hydrogen) atoms. The molecular weight excluding hydrogens is 261 g/mol.